The molecule has 1 saturated carbocycles. The largest absolute Gasteiger partial charge is 0.197 e. The molecule has 2 atom stereocenters. The molecule has 0 bridgehead atoms. The van der Waals surface area contributed by atoms with Crippen LogP contribution in [0.2, 0.25) is 0 Å². The lowest BCUT2D eigenvalue weighted by Crippen LogP contribution is -2.05. The minimum absolute atomic E-state index is 0.00454. The Morgan fingerprint density at radius 2 is 2.00 bits per heavy atom. The Kier molecular flexibility index (Phi) is 1.59. The van der Waals surface area contributed by atoms with Crippen molar-refractivity contribution in [3.63, 3.8) is 0 Å². The van der Waals surface area contributed by atoms with E-state index in [9.17, 15) is 0 Å². The molecule has 0 saturated heterocycles. The predicted octanol–water partition coefficient (Wildman–Crippen LogP) is 2.46. The first-order valence-corrected chi connectivity index (χ1v) is 4.34. The Bertz CT molecular complexity index is 327. The summed E-state index contributed by atoms with van der Waals surface area (Å²) in [6.45, 7) is 0. The molecule has 0 aromatic heterocycles. The third kappa shape index (κ3) is 0.922. The number of benzene rings is 1. The minimum Gasteiger partial charge on any atom is -0.197 e. The smallest absolute Gasteiger partial charge is 0.100 e. The summed E-state index contributed by atoms with van der Waals surface area (Å²) in [6.07, 6.45) is 0.787. The number of nitriles is 1. The highest BCUT2D eigenvalue weighted by molar-refractivity contribution is 6.24. The van der Waals surface area contributed by atoms with Gasteiger partial charge >= 0.3 is 0 Å². The summed E-state index contributed by atoms with van der Waals surface area (Å²) >= 11 is 5.92. The molecule has 12 heavy (non-hydrogen) atoms. The van der Waals surface area contributed by atoms with Crippen LogP contribution in [-0.4, -0.2) is 5.38 Å². The fourth-order valence-corrected chi connectivity index (χ4v) is 1.86. The maximum atomic E-state index is 8.95. The molecular weight excluding hydrogens is 170 g/mol. The molecule has 0 spiro atoms. The molecule has 0 heterocycles. The third-order valence-corrected chi connectivity index (χ3v) is 2.89. The lowest BCUT2D eigenvalue weighted by Gasteiger charge is -2.04. The van der Waals surface area contributed by atoms with Crippen LogP contribution in [0.15, 0.2) is 30.3 Å². The normalized spacial score (nSPS) is 32.5. The summed E-state index contributed by atoms with van der Waals surface area (Å²) in [7, 11) is 0. The molecule has 1 aromatic rings. The lowest BCUT2D eigenvalue weighted by atomic mass is 9.98. The number of alkyl halides is 1. The van der Waals surface area contributed by atoms with E-state index in [4.69, 9.17) is 16.9 Å². The van der Waals surface area contributed by atoms with Crippen molar-refractivity contribution in [2.75, 3.05) is 0 Å². The Morgan fingerprint density at radius 3 is 2.42 bits per heavy atom. The van der Waals surface area contributed by atoms with Gasteiger partial charge in [0.25, 0.3) is 0 Å². The molecule has 0 aliphatic heterocycles. The van der Waals surface area contributed by atoms with Gasteiger partial charge < -0.3 is 0 Å². The summed E-state index contributed by atoms with van der Waals surface area (Å²) in [6, 6.07) is 12.0. The van der Waals surface area contributed by atoms with E-state index in [1.807, 2.05) is 30.3 Å². The van der Waals surface area contributed by atoms with Crippen LogP contribution in [0.5, 0.6) is 0 Å². The molecule has 0 radical (unpaired) electrons. The van der Waals surface area contributed by atoms with E-state index in [0.29, 0.717) is 0 Å². The van der Waals surface area contributed by atoms with Gasteiger partial charge in [-0.1, -0.05) is 30.3 Å². The van der Waals surface area contributed by atoms with Gasteiger partial charge in [-0.25, -0.2) is 0 Å². The molecule has 1 aliphatic carbocycles. The number of rotatable bonds is 1. The number of hydrogen-bond donors (Lipinski definition) is 0. The zero-order valence-corrected chi connectivity index (χ0v) is 7.25. The van der Waals surface area contributed by atoms with Crippen LogP contribution in [-0.2, 0) is 5.41 Å². The summed E-state index contributed by atoms with van der Waals surface area (Å²) in [5.41, 5.74) is 0.663. The van der Waals surface area contributed by atoms with Gasteiger partial charge in [-0.3, -0.25) is 0 Å². The van der Waals surface area contributed by atoms with Crippen LogP contribution in [0.25, 0.3) is 0 Å². The Labute approximate surface area is 76.6 Å². The quantitative estimate of drug-likeness (QED) is 0.605. The van der Waals surface area contributed by atoms with Gasteiger partial charge in [0.15, 0.2) is 0 Å². The van der Waals surface area contributed by atoms with Crippen molar-refractivity contribution in [1.29, 1.82) is 5.26 Å². The maximum Gasteiger partial charge on any atom is 0.100 e. The first kappa shape index (κ1) is 7.64. The fourth-order valence-electron chi connectivity index (χ4n) is 1.44. The molecule has 2 rings (SSSR count). The van der Waals surface area contributed by atoms with Gasteiger partial charge in [0.05, 0.1) is 11.4 Å². The van der Waals surface area contributed by atoms with E-state index in [0.717, 1.165) is 12.0 Å². The third-order valence-electron chi connectivity index (χ3n) is 2.36. The van der Waals surface area contributed by atoms with E-state index >= 15 is 0 Å². The second kappa shape index (κ2) is 2.50. The molecule has 2 unspecified atom stereocenters. The second-order valence-electron chi connectivity index (χ2n) is 3.12. The van der Waals surface area contributed by atoms with Crippen LogP contribution in [0.3, 0.4) is 0 Å². The molecule has 1 fully saturated rings. The molecule has 0 N–H and O–H groups in total. The highest BCUT2D eigenvalue weighted by Gasteiger charge is 2.55. The van der Waals surface area contributed by atoms with E-state index in [1.54, 1.807) is 0 Å². The summed E-state index contributed by atoms with van der Waals surface area (Å²) in [4.78, 5) is 0. The molecule has 2 heteroatoms. The molecule has 1 nitrogen and oxygen atoms in total. The van der Waals surface area contributed by atoms with Crippen molar-refractivity contribution in [3.05, 3.63) is 35.9 Å². The molecule has 1 aromatic carbocycles. The average Bonchev–Trinajstić information content (AvgIpc) is 2.80. The van der Waals surface area contributed by atoms with Gasteiger partial charge in [-0.05, 0) is 12.0 Å². The van der Waals surface area contributed by atoms with E-state index in [1.165, 1.54) is 0 Å². The average molecular weight is 178 g/mol. The van der Waals surface area contributed by atoms with Gasteiger partial charge in [0.2, 0.25) is 0 Å². The lowest BCUT2D eigenvalue weighted by molar-refractivity contribution is 0.911. The Balaban J connectivity index is 2.39. The molecular formula is C10H8ClN. The van der Waals surface area contributed by atoms with Crippen molar-refractivity contribution < 1.29 is 0 Å². The van der Waals surface area contributed by atoms with Crippen molar-refractivity contribution in [3.8, 4) is 6.07 Å². The first-order valence-electron chi connectivity index (χ1n) is 3.90. The SMILES string of the molecule is N#CC1(c2ccccc2)CC1Cl. The molecule has 60 valence electrons. The monoisotopic (exact) mass is 177 g/mol. The van der Waals surface area contributed by atoms with Crippen molar-refractivity contribution in [2.45, 2.75) is 17.2 Å². The highest BCUT2D eigenvalue weighted by atomic mass is 35.5. The number of nitrogens with zero attached hydrogens (tertiary/aromatic N) is 1. The van der Waals surface area contributed by atoms with Crippen LogP contribution >= 0.6 is 11.6 Å². The summed E-state index contributed by atoms with van der Waals surface area (Å²) in [5, 5.41) is 8.95. The van der Waals surface area contributed by atoms with Crippen LogP contribution in [0.1, 0.15) is 12.0 Å². The zero-order chi connectivity index (χ0) is 8.60. The van der Waals surface area contributed by atoms with Crippen molar-refractivity contribution in [2.24, 2.45) is 0 Å². The van der Waals surface area contributed by atoms with Gasteiger partial charge in [-0.15, -0.1) is 11.6 Å². The Morgan fingerprint density at radius 1 is 1.42 bits per heavy atom. The number of halogens is 1. The van der Waals surface area contributed by atoms with E-state index in [2.05, 4.69) is 6.07 Å². The van der Waals surface area contributed by atoms with Crippen molar-refractivity contribution in [1.82, 2.24) is 0 Å². The predicted molar refractivity (Wildman–Crippen MR) is 48.0 cm³/mol. The molecule has 0 amide bonds. The minimum atomic E-state index is -0.386. The van der Waals surface area contributed by atoms with Crippen molar-refractivity contribution >= 4 is 11.6 Å². The maximum absolute atomic E-state index is 8.95. The van der Waals surface area contributed by atoms with E-state index in [-0.39, 0.29) is 10.8 Å². The van der Waals surface area contributed by atoms with Crippen LogP contribution in [0.4, 0.5) is 0 Å². The van der Waals surface area contributed by atoms with Crippen LogP contribution in [0, 0.1) is 11.3 Å². The van der Waals surface area contributed by atoms with Gasteiger partial charge in [0.1, 0.15) is 5.41 Å². The number of hydrogen-bond acceptors (Lipinski definition) is 1. The zero-order valence-electron chi connectivity index (χ0n) is 6.50. The standard InChI is InChI=1S/C10H8ClN/c11-9-6-10(9,7-12)8-4-2-1-3-5-8/h1-5,9H,6H2. The Hall–Kier alpha value is -1.00. The first-order chi connectivity index (χ1) is 5.79. The van der Waals surface area contributed by atoms with Gasteiger partial charge in [-0.2, -0.15) is 5.26 Å². The fraction of sp³-hybridized carbons (Fsp3) is 0.300. The molecule has 1 aliphatic rings. The second-order valence-corrected chi connectivity index (χ2v) is 3.65. The summed E-state index contributed by atoms with van der Waals surface area (Å²) < 4.78 is 0. The van der Waals surface area contributed by atoms with E-state index < -0.39 is 0 Å². The highest BCUT2D eigenvalue weighted by Crippen LogP contribution is 2.51. The van der Waals surface area contributed by atoms with Gasteiger partial charge in [0, 0.05) is 0 Å². The summed E-state index contributed by atoms with van der Waals surface area (Å²) in [5.74, 6) is 0. The topological polar surface area (TPSA) is 23.8 Å². The van der Waals surface area contributed by atoms with Crippen LogP contribution < -0.4 is 0 Å².